The summed E-state index contributed by atoms with van der Waals surface area (Å²) in [5.41, 5.74) is 7.37. The van der Waals surface area contributed by atoms with E-state index in [1.54, 1.807) is 6.08 Å². The normalized spacial score (nSPS) is 34.7. The number of rotatable bonds is 0. The zero-order chi connectivity index (χ0) is 12.3. The van der Waals surface area contributed by atoms with Gasteiger partial charge in [-0.05, 0) is 23.3 Å². The lowest BCUT2D eigenvalue weighted by Crippen LogP contribution is -2.55. The summed E-state index contributed by atoms with van der Waals surface area (Å²) in [5, 5.41) is -0.427. The number of hydrogen-bond acceptors (Lipinski definition) is 2. The standard InChI is InChI=1S/C12H12B2ClNO/c13-11-7-3-6-10(17)12(11,16)8-4-1-2-5-9(8)14(11)15/h1-6H,7,13,16H2. The number of ketones is 1. The molecular weight excluding hydrogens is 231 g/mol. The van der Waals surface area contributed by atoms with Gasteiger partial charge in [-0.15, -0.1) is 0 Å². The van der Waals surface area contributed by atoms with Crippen molar-refractivity contribution in [3.8, 4) is 0 Å². The van der Waals surface area contributed by atoms with Gasteiger partial charge in [0, 0.05) is 0 Å². The number of allylic oxidation sites excluding steroid dienone is 1. The van der Waals surface area contributed by atoms with E-state index >= 15 is 0 Å². The molecule has 5 heteroatoms. The molecule has 0 amide bonds. The Balaban J connectivity index is 2.34. The van der Waals surface area contributed by atoms with E-state index in [0.29, 0.717) is 0 Å². The Kier molecular flexibility index (Phi) is 2.14. The van der Waals surface area contributed by atoms with Crippen molar-refractivity contribution in [3.05, 3.63) is 42.0 Å². The van der Waals surface area contributed by atoms with Gasteiger partial charge in [0.2, 0.25) is 0 Å². The molecule has 0 radical (unpaired) electrons. The highest BCUT2D eigenvalue weighted by molar-refractivity contribution is 7.19. The number of nitrogens with two attached hydrogens (primary N) is 1. The lowest BCUT2D eigenvalue weighted by atomic mass is 9.35. The molecule has 0 saturated heterocycles. The summed E-state index contributed by atoms with van der Waals surface area (Å²) < 4.78 is 0. The number of halogens is 1. The minimum atomic E-state index is -0.968. The molecule has 2 unspecified atom stereocenters. The van der Waals surface area contributed by atoms with Crippen molar-refractivity contribution in [1.29, 1.82) is 0 Å². The fourth-order valence-electron chi connectivity index (χ4n) is 3.15. The third-order valence-electron chi connectivity index (χ3n) is 4.32. The van der Waals surface area contributed by atoms with Crippen molar-refractivity contribution in [1.82, 2.24) is 0 Å². The third kappa shape index (κ3) is 1.10. The average molecular weight is 243 g/mol. The summed E-state index contributed by atoms with van der Waals surface area (Å²) in [6.45, 7) is 0. The van der Waals surface area contributed by atoms with Gasteiger partial charge in [-0.2, -0.15) is 11.5 Å². The molecule has 0 aromatic heterocycles. The number of carbonyl (C=O) groups is 1. The van der Waals surface area contributed by atoms with Gasteiger partial charge < -0.3 is 5.73 Å². The zero-order valence-corrected chi connectivity index (χ0v) is 10.4. The largest absolute Gasteiger partial charge is 0.316 e. The summed E-state index contributed by atoms with van der Waals surface area (Å²) in [6, 6.07) is 7.75. The molecule has 1 aliphatic heterocycles. The SMILES string of the molecule is BC12CC=CC(=O)C1(N)c1ccccc1B2Cl. The maximum Gasteiger partial charge on any atom is 0.284 e. The topological polar surface area (TPSA) is 43.1 Å². The Morgan fingerprint density at radius 3 is 2.88 bits per heavy atom. The second-order valence-electron chi connectivity index (χ2n) is 5.15. The van der Waals surface area contributed by atoms with E-state index in [1.807, 2.05) is 38.2 Å². The van der Waals surface area contributed by atoms with E-state index in [9.17, 15) is 4.79 Å². The Labute approximate surface area is 107 Å². The maximum absolute atomic E-state index is 12.2. The molecule has 1 aromatic rings. The van der Waals surface area contributed by atoms with Crippen molar-refractivity contribution in [2.24, 2.45) is 5.73 Å². The van der Waals surface area contributed by atoms with E-state index in [2.05, 4.69) is 0 Å². The maximum atomic E-state index is 12.2. The molecule has 2 N–H and O–H groups in total. The van der Waals surface area contributed by atoms with Crippen molar-refractivity contribution in [2.45, 2.75) is 17.2 Å². The lowest BCUT2D eigenvalue weighted by molar-refractivity contribution is -0.120. The van der Waals surface area contributed by atoms with Gasteiger partial charge >= 0.3 is 0 Å². The van der Waals surface area contributed by atoms with E-state index < -0.39 is 10.8 Å². The number of benzene rings is 1. The van der Waals surface area contributed by atoms with E-state index in [4.69, 9.17) is 17.2 Å². The predicted octanol–water partition coefficient (Wildman–Crippen LogP) is 0.151. The summed E-state index contributed by atoms with van der Waals surface area (Å²) in [4.78, 5) is 12.2. The first kappa shape index (κ1) is 11.1. The fraction of sp³-hybridized carbons (Fsp3) is 0.250. The summed E-state index contributed by atoms with van der Waals surface area (Å²) in [7, 11) is 2.01. The Morgan fingerprint density at radius 1 is 1.41 bits per heavy atom. The second kappa shape index (κ2) is 3.27. The third-order valence-corrected chi connectivity index (χ3v) is 5.04. The zero-order valence-electron chi connectivity index (χ0n) is 9.61. The van der Waals surface area contributed by atoms with Crippen LogP contribution in [0.5, 0.6) is 0 Å². The number of carbonyl (C=O) groups excluding carboxylic acids is 1. The highest BCUT2D eigenvalue weighted by atomic mass is 35.5. The molecule has 3 rings (SSSR count). The summed E-state index contributed by atoms with van der Waals surface area (Å²) >= 11 is 6.55. The van der Waals surface area contributed by atoms with Gasteiger partial charge in [0.25, 0.3) is 6.13 Å². The molecule has 84 valence electrons. The van der Waals surface area contributed by atoms with E-state index in [1.165, 1.54) is 0 Å². The van der Waals surface area contributed by atoms with Crippen molar-refractivity contribution in [3.63, 3.8) is 0 Å². The minimum absolute atomic E-state index is 0.0400. The molecule has 2 aliphatic rings. The molecule has 1 heterocycles. The van der Waals surface area contributed by atoms with Crippen LogP contribution in [0.25, 0.3) is 0 Å². The summed E-state index contributed by atoms with van der Waals surface area (Å²) in [5.74, 6) is -0.0400. The quantitative estimate of drug-likeness (QED) is 0.659. The van der Waals surface area contributed by atoms with Gasteiger partial charge in [-0.25, -0.2) is 0 Å². The van der Waals surface area contributed by atoms with Gasteiger partial charge in [-0.3, -0.25) is 4.79 Å². The highest BCUT2D eigenvalue weighted by Crippen LogP contribution is 2.54. The van der Waals surface area contributed by atoms with E-state index in [0.717, 1.165) is 17.4 Å². The van der Waals surface area contributed by atoms with Crippen LogP contribution >= 0.6 is 11.5 Å². The molecule has 0 fully saturated rings. The van der Waals surface area contributed by atoms with Crippen molar-refractivity contribution >= 4 is 36.7 Å². The first-order valence-electron chi connectivity index (χ1n) is 5.75. The first-order chi connectivity index (χ1) is 8.02. The molecule has 2 nitrogen and oxygen atoms in total. The fourth-order valence-corrected chi connectivity index (χ4v) is 3.60. The van der Waals surface area contributed by atoms with Gasteiger partial charge in [-0.1, -0.05) is 35.8 Å². The number of hydrogen-bond donors (Lipinski definition) is 1. The molecule has 0 spiro atoms. The second-order valence-corrected chi connectivity index (χ2v) is 5.58. The van der Waals surface area contributed by atoms with Crippen LogP contribution in [0.2, 0.25) is 5.21 Å². The van der Waals surface area contributed by atoms with Crippen LogP contribution < -0.4 is 11.2 Å². The van der Waals surface area contributed by atoms with Gasteiger partial charge in [0.1, 0.15) is 7.85 Å². The predicted molar refractivity (Wildman–Crippen MR) is 73.5 cm³/mol. The molecular formula is C12H12B2ClNO. The first-order valence-corrected chi connectivity index (χ1v) is 6.19. The monoisotopic (exact) mass is 243 g/mol. The van der Waals surface area contributed by atoms with Crippen LogP contribution in [0.1, 0.15) is 12.0 Å². The van der Waals surface area contributed by atoms with Crippen molar-refractivity contribution in [2.75, 3.05) is 0 Å². The Hall–Kier alpha value is -0.990. The highest BCUT2D eigenvalue weighted by Gasteiger charge is 2.62. The van der Waals surface area contributed by atoms with Crippen LogP contribution in [0.3, 0.4) is 0 Å². The Bertz CT molecular complexity index is 547. The van der Waals surface area contributed by atoms with Crippen molar-refractivity contribution < 1.29 is 4.79 Å². The number of fused-ring (bicyclic) bond motifs is 3. The van der Waals surface area contributed by atoms with Crippen LogP contribution in [-0.4, -0.2) is 19.8 Å². The lowest BCUT2D eigenvalue weighted by Gasteiger charge is -2.42. The van der Waals surface area contributed by atoms with Crippen LogP contribution in [-0.2, 0) is 10.3 Å². The molecule has 1 aromatic carbocycles. The molecule has 1 aliphatic carbocycles. The minimum Gasteiger partial charge on any atom is -0.316 e. The Morgan fingerprint density at radius 2 is 2.12 bits per heavy atom. The smallest absolute Gasteiger partial charge is 0.284 e. The molecule has 0 bridgehead atoms. The van der Waals surface area contributed by atoms with E-state index in [-0.39, 0.29) is 11.9 Å². The summed E-state index contributed by atoms with van der Waals surface area (Å²) in [6.07, 6.45) is 4.00. The van der Waals surface area contributed by atoms with Crippen LogP contribution in [0.15, 0.2) is 36.4 Å². The molecule has 0 saturated carbocycles. The molecule has 17 heavy (non-hydrogen) atoms. The van der Waals surface area contributed by atoms with Gasteiger partial charge in [0.15, 0.2) is 5.78 Å². The molecule has 2 atom stereocenters. The van der Waals surface area contributed by atoms with Crippen LogP contribution in [0, 0.1) is 0 Å². The van der Waals surface area contributed by atoms with Gasteiger partial charge in [0.05, 0.1) is 5.54 Å². The average Bonchev–Trinajstić information content (AvgIpc) is 2.51. The van der Waals surface area contributed by atoms with Crippen LogP contribution in [0.4, 0.5) is 0 Å².